The molecule has 4 N–H and O–H groups in total. The Morgan fingerprint density at radius 1 is 0.625 bits per heavy atom. The minimum absolute atomic E-state index is 0.243. The number of primary amides is 1. The van der Waals surface area contributed by atoms with Gasteiger partial charge in [-0.15, -0.1) is 0 Å². The number of carbonyl (C=O) groups excluding carboxylic acids is 2. The van der Waals surface area contributed by atoms with Gasteiger partial charge in [-0.25, -0.2) is 5.43 Å². The van der Waals surface area contributed by atoms with Gasteiger partial charge in [-0.2, -0.15) is 0 Å². The predicted octanol–water partition coefficient (Wildman–Crippen LogP) is 6.70. The lowest BCUT2D eigenvalue weighted by atomic mass is 9.77. The van der Waals surface area contributed by atoms with Crippen molar-refractivity contribution in [2.45, 2.75) is 57.9 Å². The van der Waals surface area contributed by atoms with Crippen LogP contribution in [0.3, 0.4) is 0 Å². The molecule has 0 radical (unpaired) electrons. The second kappa shape index (κ2) is 13.7. The summed E-state index contributed by atoms with van der Waals surface area (Å²) in [6.45, 7) is 4.24. The number of unbranched alkanes of at least 4 members (excludes halogenated alkanes) is 2. The van der Waals surface area contributed by atoms with Crippen LogP contribution >= 0.6 is 0 Å². The summed E-state index contributed by atoms with van der Waals surface area (Å²) >= 11 is 0. The van der Waals surface area contributed by atoms with Crippen molar-refractivity contribution in [1.29, 1.82) is 0 Å². The van der Waals surface area contributed by atoms with Crippen LogP contribution in [-0.4, -0.2) is 11.8 Å². The highest BCUT2D eigenvalue weighted by Crippen LogP contribution is 2.36. The minimum Gasteiger partial charge on any atom is -0.366 e. The van der Waals surface area contributed by atoms with Crippen molar-refractivity contribution in [2.24, 2.45) is 5.73 Å². The normalized spacial score (nSPS) is 11.2. The molecule has 0 heterocycles. The van der Waals surface area contributed by atoms with Crippen molar-refractivity contribution < 1.29 is 9.59 Å². The van der Waals surface area contributed by atoms with Crippen LogP contribution in [0.15, 0.2) is 103 Å². The van der Waals surface area contributed by atoms with Crippen LogP contribution in [-0.2, 0) is 18.4 Å². The highest BCUT2D eigenvalue weighted by molar-refractivity contribution is 6.00. The van der Waals surface area contributed by atoms with Gasteiger partial charge in [0.25, 0.3) is 5.91 Å². The fourth-order valence-corrected chi connectivity index (χ4v) is 5.41. The third kappa shape index (κ3) is 6.16. The summed E-state index contributed by atoms with van der Waals surface area (Å²) in [5, 5.41) is 0. The van der Waals surface area contributed by atoms with E-state index < -0.39 is 11.4 Å². The molecule has 0 atom stereocenters. The molecule has 2 amide bonds. The first-order valence-electron chi connectivity index (χ1n) is 14.2. The summed E-state index contributed by atoms with van der Waals surface area (Å²) in [4.78, 5) is 26.3. The summed E-state index contributed by atoms with van der Waals surface area (Å²) < 4.78 is 0. The van der Waals surface area contributed by atoms with Gasteiger partial charge in [0.2, 0.25) is 5.91 Å². The van der Waals surface area contributed by atoms with Crippen molar-refractivity contribution in [3.05, 3.63) is 142 Å². The Morgan fingerprint density at radius 2 is 1.02 bits per heavy atom. The molecule has 0 aromatic heterocycles. The van der Waals surface area contributed by atoms with Crippen LogP contribution in [0.2, 0.25) is 0 Å². The second-order valence-corrected chi connectivity index (χ2v) is 10.1. The predicted molar refractivity (Wildman–Crippen MR) is 162 cm³/mol. The minimum atomic E-state index is -0.846. The lowest BCUT2D eigenvalue weighted by Crippen LogP contribution is -2.53. The van der Waals surface area contributed by atoms with Crippen LogP contribution in [0.5, 0.6) is 0 Å². The lowest BCUT2D eigenvalue weighted by molar-refractivity contribution is 0.0915. The molecule has 0 unspecified atom stereocenters. The van der Waals surface area contributed by atoms with Gasteiger partial charge in [0.05, 0.1) is 0 Å². The lowest BCUT2D eigenvalue weighted by Gasteiger charge is -2.37. The van der Waals surface area contributed by atoms with Crippen molar-refractivity contribution in [2.75, 3.05) is 0 Å². The molecule has 0 saturated carbocycles. The Bertz CT molecular complexity index is 1310. The van der Waals surface area contributed by atoms with E-state index in [9.17, 15) is 9.59 Å². The molecule has 0 aliphatic carbocycles. The van der Waals surface area contributed by atoms with Gasteiger partial charge in [0.1, 0.15) is 5.54 Å². The fraction of sp³-hybridized carbons (Fsp3) is 0.257. The van der Waals surface area contributed by atoms with E-state index in [1.54, 1.807) is 12.1 Å². The Hall–Kier alpha value is -4.22. The molecule has 0 spiro atoms. The maximum absolute atomic E-state index is 14.0. The van der Waals surface area contributed by atoms with E-state index in [2.05, 4.69) is 61.1 Å². The van der Waals surface area contributed by atoms with Gasteiger partial charge in [0, 0.05) is 11.1 Å². The first-order valence-corrected chi connectivity index (χ1v) is 14.2. The van der Waals surface area contributed by atoms with Gasteiger partial charge >= 0.3 is 0 Å². The van der Waals surface area contributed by atoms with Crippen molar-refractivity contribution in [1.82, 2.24) is 10.9 Å². The van der Waals surface area contributed by atoms with E-state index in [4.69, 9.17) is 5.73 Å². The van der Waals surface area contributed by atoms with E-state index >= 15 is 0 Å². The molecule has 40 heavy (non-hydrogen) atoms. The third-order valence-electron chi connectivity index (χ3n) is 7.49. The topological polar surface area (TPSA) is 84.2 Å². The number of benzene rings is 4. The number of hydrazine groups is 1. The number of rotatable bonds is 13. The monoisotopic (exact) mass is 533 g/mol. The fourth-order valence-electron chi connectivity index (χ4n) is 5.41. The van der Waals surface area contributed by atoms with Gasteiger partial charge in [-0.1, -0.05) is 118 Å². The Morgan fingerprint density at radius 3 is 1.43 bits per heavy atom. The molecular weight excluding hydrogens is 494 g/mol. The van der Waals surface area contributed by atoms with Crippen LogP contribution < -0.4 is 16.6 Å². The van der Waals surface area contributed by atoms with Crippen LogP contribution in [0.4, 0.5) is 0 Å². The quantitative estimate of drug-likeness (QED) is 0.132. The van der Waals surface area contributed by atoms with Crippen molar-refractivity contribution in [3.63, 3.8) is 0 Å². The average molecular weight is 534 g/mol. The van der Waals surface area contributed by atoms with E-state index in [1.165, 1.54) is 0 Å². The van der Waals surface area contributed by atoms with E-state index in [0.29, 0.717) is 24.0 Å². The molecule has 206 valence electrons. The molecule has 4 aromatic rings. The van der Waals surface area contributed by atoms with Crippen LogP contribution in [0.1, 0.15) is 88.1 Å². The summed E-state index contributed by atoms with van der Waals surface area (Å²) in [5.74, 6) is -0.697. The molecule has 0 aliphatic heterocycles. The zero-order valence-electron chi connectivity index (χ0n) is 23.5. The molecule has 5 nitrogen and oxygen atoms in total. The number of nitrogens with one attached hydrogen (secondary N) is 2. The summed E-state index contributed by atoms with van der Waals surface area (Å²) in [6.07, 6.45) is 5.22. The molecule has 5 heteroatoms. The molecular formula is C35H39N3O2. The maximum Gasteiger partial charge on any atom is 0.265 e. The van der Waals surface area contributed by atoms with Crippen LogP contribution in [0.25, 0.3) is 0 Å². The molecule has 0 bridgehead atoms. The largest absolute Gasteiger partial charge is 0.366 e. The standard InChI is InChI=1S/C35H39N3O2/c1-3-5-22-29-30(23-6-4-2)32(25-24-31(29)33(36)39)34(40)37-38-35(26-16-10-7-11-17-26,27-18-12-8-13-19-27)28-20-14-9-15-21-28/h7-21,24-25,38H,3-6,22-23H2,1-2H3,(H2,36,39)(H,37,40). The molecule has 4 aromatic carbocycles. The van der Waals surface area contributed by atoms with Gasteiger partial charge in [-0.05, 0) is 65.6 Å². The highest BCUT2D eigenvalue weighted by atomic mass is 16.2. The zero-order chi connectivity index (χ0) is 28.4. The molecule has 0 saturated heterocycles. The number of amides is 2. The van der Waals surface area contributed by atoms with Crippen molar-refractivity contribution >= 4 is 11.8 Å². The van der Waals surface area contributed by atoms with Gasteiger partial charge in [-0.3, -0.25) is 15.0 Å². The summed E-state index contributed by atoms with van der Waals surface area (Å²) in [7, 11) is 0. The smallest absolute Gasteiger partial charge is 0.265 e. The van der Waals surface area contributed by atoms with Gasteiger partial charge < -0.3 is 5.73 Å². The Labute approximate surface area is 237 Å². The van der Waals surface area contributed by atoms with E-state index in [1.807, 2.05) is 54.6 Å². The number of hydrogen-bond acceptors (Lipinski definition) is 3. The number of nitrogens with two attached hydrogens (primary N) is 1. The van der Waals surface area contributed by atoms with Crippen LogP contribution in [0, 0.1) is 0 Å². The number of carbonyl (C=O) groups is 2. The molecule has 0 aliphatic rings. The van der Waals surface area contributed by atoms with Crippen molar-refractivity contribution in [3.8, 4) is 0 Å². The first-order chi connectivity index (χ1) is 19.5. The summed E-state index contributed by atoms with van der Waals surface area (Å²) in [5.41, 5.74) is 17.3. The van der Waals surface area contributed by atoms with Gasteiger partial charge in [0.15, 0.2) is 0 Å². The molecule has 0 fully saturated rings. The maximum atomic E-state index is 14.0. The first kappa shape index (κ1) is 28.8. The SMILES string of the molecule is CCCCc1c(C(N)=O)ccc(C(=O)NNC(c2ccccc2)(c2ccccc2)c2ccccc2)c1CCCC. The zero-order valence-corrected chi connectivity index (χ0v) is 23.5. The average Bonchev–Trinajstić information content (AvgIpc) is 3.00. The summed E-state index contributed by atoms with van der Waals surface area (Å²) in [6, 6.07) is 33.8. The third-order valence-corrected chi connectivity index (χ3v) is 7.49. The van der Waals surface area contributed by atoms with E-state index in [-0.39, 0.29) is 5.91 Å². The van der Waals surface area contributed by atoms with E-state index in [0.717, 1.165) is 53.5 Å². The number of hydrogen-bond donors (Lipinski definition) is 3. The highest BCUT2D eigenvalue weighted by Gasteiger charge is 2.37. The Balaban J connectivity index is 1.81. The molecule has 4 rings (SSSR count). The Kier molecular flexibility index (Phi) is 9.87. The second-order valence-electron chi connectivity index (χ2n) is 10.1.